The maximum atomic E-state index is 10.6. The summed E-state index contributed by atoms with van der Waals surface area (Å²) in [4.78, 5) is 15.4. The van der Waals surface area contributed by atoms with Crippen molar-refractivity contribution in [1.82, 2.24) is 9.80 Å². The quantitative estimate of drug-likeness (QED) is 0.595. The van der Waals surface area contributed by atoms with Crippen LogP contribution in [0.3, 0.4) is 0 Å². The van der Waals surface area contributed by atoms with Crippen molar-refractivity contribution in [2.24, 2.45) is 5.92 Å². The van der Waals surface area contributed by atoms with Gasteiger partial charge in [-0.1, -0.05) is 12.1 Å². The second kappa shape index (κ2) is 6.54. The smallest absolute Gasteiger partial charge is 0.269 e. The van der Waals surface area contributed by atoms with Gasteiger partial charge in [0.25, 0.3) is 5.69 Å². The number of benzene rings is 1. The predicted molar refractivity (Wildman–Crippen MR) is 82.4 cm³/mol. The molecule has 5 heteroatoms. The zero-order chi connectivity index (χ0) is 14.7. The summed E-state index contributed by atoms with van der Waals surface area (Å²) in [5.74, 6) is 0.983. The lowest BCUT2D eigenvalue weighted by molar-refractivity contribution is -0.384. The van der Waals surface area contributed by atoms with Crippen LogP contribution in [0.4, 0.5) is 5.69 Å². The number of piperazine rings is 1. The second-order valence-electron chi connectivity index (χ2n) is 6.26. The fourth-order valence-electron chi connectivity index (χ4n) is 2.93. The highest BCUT2D eigenvalue weighted by Crippen LogP contribution is 2.29. The third-order valence-corrected chi connectivity index (χ3v) is 4.54. The van der Waals surface area contributed by atoms with Gasteiger partial charge in [-0.2, -0.15) is 0 Å². The van der Waals surface area contributed by atoms with E-state index in [2.05, 4.69) is 9.80 Å². The Bertz CT molecular complexity index is 477. The van der Waals surface area contributed by atoms with Crippen LogP contribution in [0.25, 0.3) is 0 Å². The van der Waals surface area contributed by atoms with E-state index >= 15 is 0 Å². The molecule has 0 amide bonds. The molecule has 2 fully saturated rings. The van der Waals surface area contributed by atoms with Gasteiger partial charge in [0.1, 0.15) is 0 Å². The Morgan fingerprint density at radius 2 is 1.67 bits per heavy atom. The summed E-state index contributed by atoms with van der Waals surface area (Å²) in [6.45, 7) is 7.04. The van der Waals surface area contributed by atoms with Crippen molar-refractivity contribution in [2.45, 2.75) is 19.3 Å². The van der Waals surface area contributed by atoms with Crippen LogP contribution in [0.2, 0.25) is 0 Å². The van der Waals surface area contributed by atoms with Crippen LogP contribution >= 0.6 is 0 Å². The molecule has 3 rings (SSSR count). The maximum absolute atomic E-state index is 10.6. The SMILES string of the molecule is O=[N+]([O-])c1ccc(CCN2CCN(CC3CC3)CC2)cc1. The third-order valence-electron chi connectivity index (χ3n) is 4.54. The minimum atomic E-state index is -0.344. The summed E-state index contributed by atoms with van der Waals surface area (Å²) in [5, 5.41) is 10.6. The molecule has 5 nitrogen and oxygen atoms in total. The summed E-state index contributed by atoms with van der Waals surface area (Å²) in [7, 11) is 0. The van der Waals surface area contributed by atoms with Gasteiger partial charge < -0.3 is 9.80 Å². The van der Waals surface area contributed by atoms with Crippen molar-refractivity contribution >= 4 is 5.69 Å². The third kappa shape index (κ3) is 4.25. The molecule has 0 bridgehead atoms. The highest BCUT2D eigenvalue weighted by molar-refractivity contribution is 5.32. The van der Waals surface area contributed by atoms with Crippen LogP contribution < -0.4 is 0 Å². The van der Waals surface area contributed by atoms with Crippen LogP contribution in [0.5, 0.6) is 0 Å². The lowest BCUT2D eigenvalue weighted by Crippen LogP contribution is -2.47. The maximum Gasteiger partial charge on any atom is 0.269 e. The van der Waals surface area contributed by atoms with Gasteiger partial charge in [-0.25, -0.2) is 0 Å². The molecular formula is C16H23N3O2. The van der Waals surface area contributed by atoms with E-state index in [1.165, 1.54) is 38.0 Å². The average Bonchev–Trinajstić information content (AvgIpc) is 3.31. The number of nitro benzene ring substituents is 1. The Labute approximate surface area is 125 Å². The van der Waals surface area contributed by atoms with Crippen molar-refractivity contribution in [3.63, 3.8) is 0 Å². The first-order valence-corrected chi connectivity index (χ1v) is 7.89. The molecule has 1 saturated heterocycles. The Kier molecular flexibility index (Phi) is 4.51. The molecule has 0 radical (unpaired) electrons. The molecule has 1 aromatic rings. The minimum absolute atomic E-state index is 0.174. The molecule has 1 heterocycles. The summed E-state index contributed by atoms with van der Waals surface area (Å²) in [5.41, 5.74) is 1.36. The number of hydrogen-bond acceptors (Lipinski definition) is 4. The van der Waals surface area contributed by atoms with Gasteiger partial charge in [0, 0.05) is 51.4 Å². The minimum Gasteiger partial charge on any atom is -0.301 e. The van der Waals surface area contributed by atoms with Gasteiger partial charge in [0.05, 0.1) is 4.92 Å². The largest absolute Gasteiger partial charge is 0.301 e. The zero-order valence-corrected chi connectivity index (χ0v) is 12.4. The Morgan fingerprint density at radius 3 is 2.24 bits per heavy atom. The number of nitro groups is 1. The van der Waals surface area contributed by atoms with Gasteiger partial charge in [0.2, 0.25) is 0 Å². The highest BCUT2D eigenvalue weighted by atomic mass is 16.6. The molecule has 114 valence electrons. The van der Waals surface area contributed by atoms with Crippen LogP contribution in [-0.4, -0.2) is 54.0 Å². The summed E-state index contributed by atoms with van der Waals surface area (Å²) in [6, 6.07) is 6.95. The molecule has 1 aromatic carbocycles. The summed E-state index contributed by atoms with van der Waals surface area (Å²) >= 11 is 0. The van der Waals surface area contributed by atoms with Gasteiger partial charge in [-0.05, 0) is 30.7 Å². The molecule has 0 aromatic heterocycles. The first-order chi connectivity index (χ1) is 10.2. The summed E-state index contributed by atoms with van der Waals surface area (Å²) in [6.07, 6.45) is 3.83. The van der Waals surface area contributed by atoms with E-state index in [9.17, 15) is 10.1 Å². The lowest BCUT2D eigenvalue weighted by atomic mass is 10.1. The van der Waals surface area contributed by atoms with Crippen molar-refractivity contribution < 1.29 is 4.92 Å². The van der Waals surface area contributed by atoms with Gasteiger partial charge in [0.15, 0.2) is 0 Å². The van der Waals surface area contributed by atoms with Gasteiger partial charge in [-0.15, -0.1) is 0 Å². The molecule has 1 aliphatic carbocycles. The van der Waals surface area contributed by atoms with E-state index in [0.717, 1.165) is 32.0 Å². The van der Waals surface area contributed by atoms with E-state index in [1.54, 1.807) is 12.1 Å². The molecular weight excluding hydrogens is 266 g/mol. The van der Waals surface area contributed by atoms with Crippen molar-refractivity contribution in [1.29, 1.82) is 0 Å². The normalized spacial score (nSPS) is 20.6. The van der Waals surface area contributed by atoms with Crippen molar-refractivity contribution in [3.05, 3.63) is 39.9 Å². The van der Waals surface area contributed by atoms with E-state index < -0.39 is 0 Å². The van der Waals surface area contributed by atoms with Crippen molar-refractivity contribution in [2.75, 3.05) is 39.3 Å². The lowest BCUT2D eigenvalue weighted by Gasteiger charge is -2.34. The fraction of sp³-hybridized carbons (Fsp3) is 0.625. The highest BCUT2D eigenvalue weighted by Gasteiger charge is 2.26. The fourth-order valence-corrected chi connectivity index (χ4v) is 2.93. The number of rotatable bonds is 6. The Balaban J connectivity index is 1.40. The number of hydrogen-bond donors (Lipinski definition) is 0. The first-order valence-electron chi connectivity index (χ1n) is 7.89. The zero-order valence-electron chi connectivity index (χ0n) is 12.4. The molecule has 1 aliphatic heterocycles. The standard InChI is InChI=1S/C16H23N3O2/c20-19(21)16-5-3-14(4-6-16)7-8-17-9-11-18(12-10-17)13-15-1-2-15/h3-6,15H,1-2,7-13H2. The van der Waals surface area contributed by atoms with Gasteiger partial charge >= 0.3 is 0 Å². The number of nitrogens with zero attached hydrogens (tertiary/aromatic N) is 3. The summed E-state index contributed by atoms with van der Waals surface area (Å²) < 4.78 is 0. The molecule has 0 spiro atoms. The van der Waals surface area contributed by atoms with E-state index in [1.807, 2.05) is 12.1 Å². The monoisotopic (exact) mass is 289 g/mol. The van der Waals surface area contributed by atoms with E-state index in [0.29, 0.717) is 0 Å². The Hall–Kier alpha value is -1.46. The number of non-ortho nitro benzene ring substituents is 1. The topological polar surface area (TPSA) is 49.6 Å². The predicted octanol–water partition coefficient (Wildman–Crippen LogP) is 2.16. The second-order valence-corrected chi connectivity index (χ2v) is 6.26. The molecule has 1 saturated carbocycles. The molecule has 0 unspecified atom stereocenters. The molecule has 0 N–H and O–H groups in total. The molecule has 2 aliphatic rings. The Morgan fingerprint density at radius 1 is 1.05 bits per heavy atom. The molecule has 0 atom stereocenters. The van der Waals surface area contributed by atoms with Crippen LogP contribution in [0.1, 0.15) is 18.4 Å². The molecule has 21 heavy (non-hydrogen) atoms. The van der Waals surface area contributed by atoms with Crippen LogP contribution in [-0.2, 0) is 6.42 Å². The van der Waals surface area contributed by atoms with Crippen LogP contribution in [0, 0.1) is 16.0 Å². The van der Waals surface area contributed by atoms with E-state index in [-0.39, 0.29) is 10.6 Å². The van der Waals surface area contributed by atoms with Crippen molar-refractivity contribution in [3.8, 4) is 0 Å². The van der Waals surface area contributed by atoms with Crippen LogP contribution in [0.15, 0.2) is 24.3 Å². The van der Waals surface area contributed by atoms with Gasteiger partial charge in [-0.3, -0.25) is 10.1 Å². The van der Waals surface area contributed by atoms with E-state index in [4.69, 9.17) is 0 Å². The first kappa shape index (κ1) is 14.5. The average molecular weight is 289 g/mol.